The first-order valence-electron chi connectivity index (χ1n) is 8.35. The van der Waals surface area contributed by atoms with Crippen LogP contribution in [-0.4, -0.2) is 20.7 Å². The van der Waals surface area contributed by atoms with Gasteiger partial charge in [0.05, 0.1) is 5.57 Å². The van der Waals surface area contributed by atoms with Crippen LogP contribution in [-0.2, 0) is 4.79 Å². The van der Waals surface area contributed by atoms with Crippen LogP contribution in [0.1, 0.15) is 30.0 Å². The number of anilines is 2. The van der Waals surface area contributed by atoms with E-state index in [2.05, 4.69) is 20.7 Å². The minimum atomic E-state index is -0.480. The number of carbonyl (C=O) groups excluding carboxylic acids is 1. The maximum Gasteiger partial charge on any atom is 0.256 e. The summed E-state index contributed by atoms with van der Waals surface area (Å²) in [6.45, 7) is 5.68. The van der Waals surface area contributed by atoms with E-state index in [1.54, 1.807) is 4.68 Å². The molecule has 0 fully saturated rings. The fourth-order valence-corrected chi connectivity index (χ4v) is 3.15. The van der Waals surface area contributed by atoms with Gasteiger partial charge in [-0.3, -0.25) is 4.79 Å². The van der Waals surface area contributed by atoms with Crippen LogP contribution in [0.25, 0.3) is 0 Å². The summed E-state index contributed by atoms with van der Waals surface area (Å²) in [4.78, 5) is 17.4. The van der Waals surface area contributed by atoms with Crippen LogP contribution in [0.15, 0.2) is 58.4 Å². The van der Waals surface area contributed by atoms with E-state index >= 15 is 0 Å². The van der Waals surface area contributed by atoms with Crippen LogP contribution < -0.4 is 10.6 Å². The maximum absolute atomic E-state index is 13.1. The summed E-state index contributed by atoms with van der Waals surface area (Å²) in [6, 6.07) is 10.9. The molecule has 0 spiro atoms. The number of benzene rings is 1. The third-order valence-electron chi connectivity index (χ3n) is 4.46. The summed E-state index contributed by atoms with van der Waals surface area (Å²) in [7, 11) is 0. The maximum atomic E-state index is 13.1. The van der Waals surface area contributed by atoms with E-state index in [0.717, 1.165) is 22.7 Å². The normalized spacial score (nSPS) is 16.2. The summed E-state index contributed by atoms with van der Waals surface area (Å²) in [5.74, 6) is 1.79. The molecule has 2 N–H and O–H groups in total. The molecular weight excluding hydrogens is 330 g/mol. The highest BCUT2D eigenvalue weighted by atomic mass is 16.3. The van der Waals surface area contributed by atoms with Gasteiger partial charge in [0, 0.05) is 11.4 Å². The first kappa shape index (κ1) is 16.1. The lowest BCUT2D eigenvalue weighted by atomic mass is 10.00. The van der Waals surface area contributed by atoms with E-state index in [4.69, 9.17) is 4.42 Å². The summed E-state index contributed by atoms with van der Waals surface area (Å²) in [6.07, 6.45) is 1.46. The molecule has 0 unspecified atom stereocenters. The summed E-state index contributed by atoms with van der Waals surface area (Å²) in [5, 5.41) is 10.4. The van der Waals surface area contributed by atoms with Crippen LogP contribution in [0.5, 0.6) is 0 Å². The predicted molar refractivity (Wildman–Crippen MR) is 97.7 cm³/mol. The summed E-state index contributed by atoms with van der Waals surface area (Å²) >= 11 is 0. The van der Waals surface area contributed by atoms with Crippen LogP contribution in [0, 0.1) is 13.8 Å². The number of furan rings is 1. The average Bonchev–Trinajstić information content (AvgIpc) is 3.24. The molecule has 1 aliphatic heterocycles. The lowest BCUT2D eigenvalue weighted by Crippen LogP contribution is -2.31. The molecule has 7 heteroatoms. The molecule has 0 radical (unpaired) electrons. The van der Waals surface area contributed by atoms with Crippen molar-refractivity contribution >= 4 is 17.5 Å². The van der Waals surface area contributed by atoms with Gasteiger partial charge in [0.15, 0.2) is 0 Å². The molecule has 1 amide bonds. The van der Waals surface area contributed by atoms with Crippen molar-refractivity contribution in [2.75, 3.05) is 10.6 Å². The first-order valence-corrected chi connectivity index (χ1v) is 8.35. The van der Waals surface area contributed by atoms with E-state index in [9.17, 15) is 4.79 Å². The standard InChI is InChI=1S/C19H19N5O2/c1-11-6-4-5-7-14(11)23-18(25)16-13(3)22-19-20-10-21-24(19)17(16)15-9-8-12(2)26-15/h4-10,17H,1-3H3,(H,23,25)(H,20,21,22)/t17-/m1/s1. The number of rotatable bonds is 3. The number of para-hydroxylation sites is 1. The van der Waals surface area contributed by atoms with Crippen molar-refractivity contribution in [3.63, 3.8) is 0 Å². The third-order valence-corrected chi connectivity index (χ3v) is 4.46. The zero-order valence-electron chi connectivity index (χ0n) is 14.8. The molecule has 0 saturated carbocycles. The second-order valence-corrected chi connectivity index (χ2v) is 6.31. The molecule has 0 saturated heterocycles. The topological polar surface area (TPSA) is 85.0 Å². The predicted octanol–water partition coefficient (Wildman–Crippen LogP) is 3.42. The highest BCUT2D eigenvalue weighted by molar-refractivity contribution is 6.06. The molecule has 2 aromatic heterocycles. The largest absolute Gasteiger partial charge is 0.464 e. The van der Waals surface area contributed by atoms with E-state index in [-0.39, 0.29) is 5.91 Å². The summed E-state index contributed by atoms with van der Waals surface area (Å²) < 4.78 is 7.49. The molecule has 1 aliphatic rings. The van der Waals surface area contributed by atoms with E-state index < -0.39 is 6.04 Å². The molecule has 132 valence electrons. The number of nitrogens with zero attached hydrogens (tertiary/aromatic N) is 3. The Kier molecular flexibility index (Phi) is 3.84. The van der Waals surface area contributed by atoms with Gasteiger partial charge >= 0.3 is 0 Å². The fraction of sp³-hybridized carbons (Fsp3) is 0.211. The van der Waals surface area contributed by atoms with Crippen molar-refractivity contribution in [2.24, 2.45) is 0 Å². The number of carbonyl (C=O) groups is 1. The quantitative estimate of drug-likeness (QED) is 0.757. The number of aryl methyl sites for hydroxylation is 2. The molecule has 1 atom stereocenters. The van der Waals surface area contributed by atoms with Crippen molar-refractivity contribution < 1.29 is 9.21 Å². The van der Waals surface area contributed by atoms with Gasteiger partial charge < -0.3 is 15.1 Å². The zero-order valence-corrected chi connectivity index (χ0v) is 14.8. The van der Waals surface area contributed by atoms with E-state index in [1.165, 1.54) is 6.33 Å². The van der Waals surface area contributed by atoms with Gasteiger partial charge in [0.25, 0.3) is 5.91 Å². The van der Waals surface area contributed by atoms with Crippen molar-refractivity contribution in [2.45, 2.75) is 26.8 Å². The Morgan fingerprint density at radius 1 is 1.19 bits per heavy atom. The van der Waals surface area contributed by atoms with Gasteiger partial charge in [-0.25, -0.2) is 4.68 Å². The molecule has 7 nitrogen and oxygen atoms in total. The van der Waals surface area contributed by atoms with Gasteiger partial charge in [-0.1, -0.05) is 18.2 Å². The van der Waals surface area contributed by atoms with Crippen molar-refractivity contribution in [1.82, 2.24) is 14.8 Å². The van der Waals surface area contributed by atoms with Crippen molar-refractivity contribution in [1.29, 1.82) is 0 Å². The molecule has 4 rings (SSSR count). The Bertz CT molecular complexity index is 1010. The molecule has 3 heterocycles. The van der Waals surface area contributed by atoms with Crippen LogP contribution in [0.2, 0.25) is 0 Å². The number of nitrogens with one attached hydrogen (secondary N) is 2. The highest BCUT2D eigenvalue weighted by Gasteiger charge is 2.35. The molecule has 26 heavy (non-hydrogen) atoms. The van der Waals surface area contributed by atoms with Crippen molar-refractivity contribution in [3.05, 3.63) is 71.1 Å². The van der Waals surface area contributed by atoms with Crippen molar-refractivity contribution in [3.8, 4) is 0 Å². The Balaban J connectivity index is 1.77. The zero-order chi connectivity index (χ0) is 18.3. The third kappa shape index (κ3) is 2.67. The van der Waals surface area contributed by atoms with E-state index in [1.807, 2.05) is 57.2 Å². The SMILES string of the molecule is CC1=C(C(=O)Nc2ccccc2C)[C@@H](c2ccc(C)o2)n2ncnc2N1. The Morgan fingerprint density at radius 3 is 2.73 bits per heavy atom. The van der Waals surface area contributed by atoms with Gasteiger partial charge in [-0.2, -0.15) is 10.1 Å². The number of amides is 1. The Hall–Kier alpha value is -3.35. The highest BCUT2D eigenvalue weighted by Crippen LogP contribution is 2.36. The van der Waals surface area contributed by atoms with Gasteiger partial charge in [-0.05, 0) is 44.5 Å². The van der Waals surface area contributed by atoms with Crippen LogP contribution >= 0.6 is 0 Å². The molecule has 3 aromatic rings. The smallest absolute Gasteiger partial charge is 0.256 e. The second kappa shape index (κ2) is 6.18. The Morgan fingerprint density at radius 2 is 2.00 bits per heavy atom. The monoisotopic (exact) mass is 349 g/mol. The molecular formula is C19H19N5O2. The second-order valence-electron chi connectivity index (χ2n) is 6.31. The molecule has 1 aromatic carbocycles. The van der Waals surface area contributed by atoms with E-state index in [0.29, 0.717) is 17.3 Å². The minimum Gasteiger partial charge on any atom is -0.464 e. The summed E-state index contributed by atoms with van der Waals surface area (Å²) in [5.41, 5.74) is 3.03. The van der Waals surface area contributed by atoms with Gasteiger partial charge in [0.2, 0.25) is 5.95 Å². The fourth-order valence-electron chi connectivity index (χ4n) is 3.15. The number of fused-ring (bicyclic) bond motifs is 1. The minimum absolute atomic E-state index is 0.204. The first-order chi connectivity index (χ1) is 12.5. The molecule has 0 bridgehead atoms. The number of hydrogen-bond acceptors (Lipinski definition) is 5. The van der Waals surface area contributed by atoms with Gasteiger partial charge in [0.1, 0.15) is 23.9 Å². The number of hydrogen-bond donors (Lipinski definition) is 2. The number of aromatic nitrogens is 3. The molecule has 0 aliphatic carbocycles. The van der Waals surface area contributed by atoms with Gasteiger partial charge in [-0.15, -0.1) is 0 Å². The Labute approximate surface area is 150 Å². The lowest BCUT2D eigenvalue weighted by Gasteiger charge is -2.27. The van der Waals surface area contributed by atoms with Crippen LogP contribution in [0.4, 0.5) is 11.6 Å². The lowest BCUT2D eigenvalue weighted by molar-refractivity contribution is -0.113. The average molecular weight is 349 g/mol. The van der Waals surface area contributed by atoms with Crippen LogP contribution in [0.3, 0.4) is 0 Å². The number of allylic oxidation sites excluding steroid dienone is 1.